The number of nitrogens with one attached hydrogen (secondary N) is 2. The molecule has 0 fully saturated rings. The highest BCUT2D eigenvalue weighted by molar-refractivity contribution is 5.87. The summed E-state index contributed by atoms with van der Waals surface area (Å²) in [6.45, 7) is 0.0923. The minimum Gasteiger partial charge on any atom is -0.480 e. The molecule has 7 nitrogen and oxygen atoms in total. The smallest absolute Gasteiger partial charge is 0.326 e. The molecule has 1 aromatic rings. The quantitative estimate of drug-likeness (QED) is 0.585. The molecule has 8 heteroatoms. The van der Waals surface area contributed by atoms with Gasteiger partial charge < -0.3 is 21.5 Å². The van der Waals surface area contributed by atoms with Crippen molar-refractivity contribution < 1.29 is 23.9 Å². The van der Waals surface area contributed by atoms with Crippen LogP contribution in [0.2, 0.25) is 0 Å². The Labute approximate surface area is 114 Å². The molecule has 0 heterocycles. The molecule has 108 valence electrons. The fourth-order valence-electron chi connectivity index (χ4n) is 1.40. The number of benzene rings is 1. The Kier molecular flexibility index (Phi) is 5.45. The summed E-state index contributed by atoms with van der Waals surface area (Å²) in [7, 11) is 0. The zero-order valence-electron chi connectivity index (χ0n) is 10.4. The van der Waals surface area contributed by atoms with E-state index in [1.807, 2.05) is 0 Å². The second kappa shape index (κ2) is 7.07. The van der Waals surface area contributed by atoms with Crippen LogP contribution in [0.4, 0.5) is 9.18 Å². The van der Waals surface area contributed by atoms with Crippen LogP contribution in [0.15, 0.2) is 24.3 Å². The van der Waals surface area contributed by atoms with Crippen molar-refractivity contribution in [2.75, 3.05) is 0 Å². The summed E-state index contributed by atoms with van der Waals surface area (Å²) in [6, 6.07) is 3.29. The van der Waals surface area contributed by atoms with Crippen LogP contribution in [-0.2, 0) is 16.1 Å². The first kappa shape index (κ1) is 15.4. The summed E-state index contributed by atoms with van der Waals surface area (Å²) >= 11 is 0. The molecule has 1 aromatic carbocycles. The fraction of sp³-hybridized carbons (Fsp3) is 0.250. The van der Waals surface area contributed by atoms with Crippen molar-refractivity contribution in [2.24, 2.45) is 5.73 Å². The topological polar surface area (TPSA) is 122 Å². The Morgan fingerprint density at radius 2 is 1.85 bits per heavy atom. The molecule has 1 rings (SSSR count). The van der Waals surface area contributed by atoms with Gasteiger partial charge in [-0.15, -0.1) is 0 Å². The van der Waals surface area contributed by atoms with Gasteiger partial charge in [0, 0.05) is 6.54 Å². The lowest BCUT2D eigenvalue weighted by Gasteiger charge is -2.13. The van der Waals surface area contributed by atoms with E-state index in [1.165, 1.54) is 24.3 Å². The van der Waals surface area contributed by atoms with E-state index in [-0.39, 0.29) is 6.54 Å². The highest BCUT2D eigenvalue weighted by Gasteiger charge is 2.21. The Morgan fingerprint density at radius 1 is 1.25 bits per heavy atom. The molecule has 3 amide bonds. The van der Waals surface area contributed by atoms with Crippen molar-refractivity contribution in [3.63, 3.8) is 0 Å². The number of halogens is 1. The van der Waals surface area contributed by atoms with Gasteiger partial charge in [-0.3, -0.25) is 4.79 Å². The van der Waals surface area contributed by atoms with Gasteiger partial charge in [-0.05, 0) is 17.7 Å². The first-order valence-corrected chi connectivity index (χ1v) is 5.68. The van der Waals surface area contributed by atoms with Gasteiger partial charge in [-0.1, -0.05) is 12.1 Å². The van der Waals surface area contributed by atoms with Crippen LogP contribution >= 0.6 is 0 Å². The van der Waals surface area contributed by atoms with Crippen LogP contribution in [0.3, 0.4) is 0 Å². The number of amides is 3. The SMILES string of the molecule is NC(=O)C[C@H](NC(=O)NCc1ccc(F)cc1)C(=O)O. The molecule has 0 aromatic heterocycles. The summed E-state index contributed by atoms with van der Waals surface area (Å²) < 4.78 is 12.7. The number of hydrogen-bond donors (Lipinski definition) is 4. The lowest BCUT2D eigenvalue weighted by atomic mass is 10.2. The van der Waals surface area contributed by atoms with E-state index in [0.29, 0.717) is 5.56 Å². The molecule has 1 atom stereocenters. The lowest BCUT2D eigenvalue weighted by molar-refractivity contribution is -0.140. The summed E-state index contributed by atoms with van der Waals surface area (Å²) in [5.41, 5.74) is 5.52. The van der Waals surface area contributed by atoms with Gasteiger partial charge in [-0.25, -0.2) is 14.0 Å². The van der Waals surface area contributed by atoms with E-state index >= 15 is 0 Å². The molecule has 0 unspecified atom stereocenters. The van der Waals surface area contributed by atoms with E-state index in [4.69, 9.17) is 10.8 Å². The lowest BCUT2D eigenvalue weighted by Crippen LogP contribution is -2.47. The average molecular weight is 283 g/mol. The van der Waals surface area contributed by atoms with Crippen LogP contribution < -0.4 is 16.4 Å². The Morgan fingerprint density at radius 3 is 2.35 bits per heavy atom. The first-order valence-electron chi connectivity index (χ1n) is 5.68. The van der Waals surface area contributed by atoms with Gasteiger partial charge in [0.15, 0.2) is 0 Å². The molecule has 0 bridgehead atoms. The number of hydrogen-bond acceptors (Lipinski definition) is 3. The number of carbonyl (C=O) groups excluding carboxylic acids is 2. The predicted molar refractivity (Wildman–Crippen MR) is 67.0 cm³/mol. The highest BCUT2D eigenvalue weighted by atomic mass is 19.1. The third-order valence-electron chi connectivity index (χ3n) is 2.38. The number of aliphatic carboxylic acids is 1. The van der Waals surface area contributed by atoms with Crippen LogP contribution in [0, 0.1) is 5.82 Å². The monoisotopic (exact) mass is 283 g/mol. The number of nitrogens with two attached hydrogens (primary N) is 1. The zero-order valence-corrected chi connectivity index (χ0v) is 10.4. The molecule has 0 aliphatic carbocycles. The normalized spacial score (nSPS) is 11.4. The van der Waals surface area contributed by atoms with Crippen molar-refractivity contribution in [1.29, 1.82) is 0 Å². The summed E-state index contributed by atoms with van der Waals surface area (Å²) in [5.74, 6) is -2.59. The van der Waals surface area contributed by atoms with Crippen molar-refractivity contribution >= 4 is 17.9 Å². The minimum absolute atomic E-state index is 0.0923. The molecule has 0 aliphatic rings. The number of primary amides is 1. The van der Waals surface area contributed by atoms with E-state index in [2.05, 4.69) is 10.6 Å². The maximum Gasteiger partial charge on any atom is 0.326 e. The first-order chi connectivity index (χ1) is 9.38. The molecule has 0 saturated carbocycles. The second-order valence-electron chi connectivity index (χ2n) is 4.01. The third kappa shape index (κ3) is 5.34. The number of rotatable bonds is 6. The third-order valence-corrected chi connectivity index (χ3v) is 2.38. The molecule has 0 spiro atoms. The molecule has 0 aliphatic heterocycles. The summed E-state index contributed by atoms with van der Waals surface area (Å²) in [4.78, 5) is 32.9. The maximum absolute atomic E-state index is 12.7. The standard InChI is InChI=1S/C12H14FN3O4/c13-8-3-1-7(2-4-8)6-15-12(20)16-9(11(18)19)5-10(14)17/h1-4,9H,5-6H2,(H2,14,17)(H,18,19)(H2,15,16,20)/t9-/m0/s1. The average Bonchev–Trinajstić information content (AvgIpc) is 2.36. The Balaban J connectivity index is 2.47. The van der Waals surface area contributed by atoms with Crippen molar-refractivity contribution in [3.05, 3.63) is 35.6 Å². The van der Waals surface area contributed by atoms with Gasteiger partial charge in [-0.2, -0.15) is 0 Å². The molecule has 5 N–H and O–H groups in total. The molecular formula is C12H14FN3O4. The van der Waals surface area contributed by atoms with E-state index in [9.17, 15) is 18.8 Å². The van der Waals surface area contributed by atoms with E-state index in [0.717, 1.165) is 0 Å². The van der Waals surface area contributed by atoms with E-state index in [1.54, 1.807) is 0 Å². The molecule has 0 saturated heterocycles. The molecule has 0 radical (unpaired) electrons. The Bertz CT molecular complexity index is 504. The summed E-state index contributed by atoms with van der Waals surface area (Å²) in [6.07, 6.45) is -0.501. The van der Waals surface area contributed by atoms with Gasteiger partial charge >= 0.3 is 12.0 Å². The van der Waals surface area contributed by atoms with Gasteiger partial charge in [0.25, 0.3) is 0 Å². The zero-order chi connectivity index (χ0) is 15.1. The van der Waals surface area contributed by atoms with Gasteiger partial charge in [0.1, 0.15) is 11.9 Å². The van der Waals surface area contributed by atoms with Crippen LogP contribution in [0.1, 0.15) is 12.0 Å². The van der Waals surface area contributed by atoms with Gasteiger partial charge in [0.05, 0.1) is 6.42 Å². The van der Waals surface area contributed by atoms with Crippen LogP contribution in [0.5, 0.6) is 0 Å². The van der Waals surface area contributed by atoms with Crippen LogP contribution in [-0.4, -0.2) is 29.1 Å². The predicted octanol–water partition coefficient (Wildman–Crippen LogP) is -0.0465. The van der Waals surface area contributed by atoms with Crippen molar-refractivity contribution in [2.45, 2.75) is 19.0 Å². The van der Waals surface area contributed by atoms with Crippen LogP contribution in [0.25, 0.3) is 0 Å². The Hall–Kier alpha value is -2.64. The number of carbonyl (C=O) groups is 3. The largest absolute Gasteiger partial charge is 0.480 e. The van der Waals surface area contributed by atoms with Crippen molar-refractivity contribution in [1.82, 2.24) is 10.6 Å². The van der Waals surface area contributed by atoms with Crippen molar-refractivity contribution in [3.8, 4) is 0 Å². The van der Waals surface area contributed by atoms with Gasteiger partial charge in [0.2, 0.25) is 5.91 Å². The highest BCUT2D eigenvalue weighted by Crippen LogP contribution is 2.02. The number of carboxylic acid groups (broad SMARTS) is 1. The van der Waals surface area contributed by atoms with E-state index < -0.39 is 36.2 Å². The fourth-order valence-corrected chi connectivity index (χ4v) is 1.40. The maximum atomic E-state index is 12.7. The summed E-state index contributed by atoms with van der Waals surface area (Å²) in [5, 5.41) is 13.3. The number of carboxylic acids is 1. The second-order valence-corrected chi connectivity index (χ2v) is 4.01. The molecule has 20 heavy (non-hydrogen) atoms. The molecular weight excluding hydrogens is 269 g/mol. The number of urea groups is 1. The minimum atomic E-state index is -1.39.